The molecule has 4 rings (SSSR count). The van der Waals surface area contributed by atoms with Crippen LogP contribution in [-0.2, 0) is 4.79 Å². The number of allylic oxidation sites excluding steroid dienone is 2. The number of methoxy groups -OCH3 is 2. The second-order valence-electron chi connectivity index (χ2n) is 6.57. The molecule has 1 N–H and O–H groups in total. The Morgan fingerprint density at radius 3 is 2.42 bits per heavy atom. The molecule has 0 saturated carbocycles. The molecule has 0 amide bonds. The van der Waals surface area contributed by atoms with Gasteiger partial charge < -0.3 is 14.8 Å². The van der Waals surface area contributed by atoms with Crippen molar-refractivity contribution < 1.29 is 14.3 Å². The van der Waals surface area contributed by atoms with Gasteiger partial charge in [0.15, 0.2) is 17.3 Å². The first kappa shape index (κ1) is 17.2. The maximum atomic E-state index is 12.8. The Morgan fingerprint density at radius 2 is 1.73 bits per heavy atom. The van der Waals surface area contributed by atoms with Crippen LogP contribution in [0.2, 0.25) is 0 Å². The summed E-state index contributed by atoms with van der Waals surface area (Å²) in [6.07, 6.45) is 2.39. The highest BCUT2D eigenvalue weighted by molar-refractivity contribution is 9.10. The lowest BCUT2D eigenvalue weighted by atomic mass is 9.75. The zero-order valence-corrected chi connectivity index (χ0v) is 16.4. The number of carbonyl (C=O) groups excluding carboxylic acids is 1. The maximum absolute atomic E-state index is 12.8. The van der Waals surface area contributed by atoms with E-state index >= 15 is 0 Å². The topological polar surface area (TPSA) is 47.6 Å². The van der Waals surface area contributed by atoms with Crippen LogP contribution in [0.25, 0.3) is 0 Å². The van der Waals surface area contributed by atoms with Crippen LogP contribution in [0.1, 0.15) is 36.3 Å². The number of carbonyl (C=O) groups is 1. The van der Waals surface area contributed by atoms with E-state index in [2.05, 4.69) is 33.4 Å². The van der Waals surface area contributed by atoms with Gasteiger partial charge in [-0.15, -0.1) is 0 Å². The van der Waals surface area contributed by atoms with Gasteiger partial charge in [-0.1, -0.05) is 28.1 Å². The molecule has 0 fully saturated rings. The number of nitrogens with one attached hydrogen (secondary N) is 1. The van der Waals surface area contributed by atoms with Crippen LogP contribution >= 0.6 is 15.9 Å². The largest absolute Gasteiger partial charge is 0.493 e. The molecule has 0 radical (unpaired) electrons. The van der Waals surface area contributed by atoms with Crippen LogP contribution in [0.5, 0.6) is 11.5 Å². The van der Waals surface area contributed by atoms with E-state index in [1.807, 2.05) is 24.3 Å². The van der Waals surface area contributed by atoms with Gasteiger partial charge in [-0.05, 0) is 42.2 Å². The van der Waals surface area contributed by atoms with E-state index in [0.717, 1.165) is 45.4 Å². The molecule has 2 aliphatic rings. The van der Waals surface area contributed by atoms with Crippen molar-refractivity contribution in [3.05, 3.63) is 63.3 Å². The molecule has 0 saturated heterocycles. The van der Waals surface area contributed by atoms with Gasteiger partial charge in [-0.3, -0.25) is 4.79 Å². The van der Waals surface area contributed by atoms with E-state index < -0.39 is 0 Å². The standard InChI is InChI=1S/C21H20BrNO3/c1-25-18-10-14-16(11-19(18)26-2)23-15-4-3-5-17(24)21(15)20(14)12-6-8-13(22)9-7-12/h6-11,20,23H,3-5H2,1-2H3/t20-/m0/s1. The van der Waals surface area contributed by atoms with Crippen molar-refractivity contribution in [1.82, 2.24) is 0 Å². The fourth-order valence-corrected chi connectivity index (χ4v) is 4.15. The molecular weight excluding hydrogens is 394 g/mol. The molecule has 1 atom stereocenters. The third kappa shape index (κ3) is 2.80. The fraction of sp³-hybridized carbons (Fsp3) is 0.286. The van der Waals surface area contributed by atoms with E-state index in [1.54, 1.807) is 14.2 Å². The monoisotopic (exact) mass is 413 g/mol. The summed E-state index contributed by atoms with van der Waals surface area (Å²) in [5, 5.41) is 3.48. The van der Waals surface area contributed by atoms with E-state index in [9.17, 15) is 4.79 Å². The number of Topliss-reactive ketones (excluding diaryl/α,β-unsaturated/α-hetero) is 1. The third-order valence-electron chi connectivity index (χ3n) is 5.10. The van der Waals surface area contributed by atoms with Gasteiger partial charge in [-0.25, -0.2) is 0 Å². The van der Waals surface area contributed by atoms with Crippen molar-refractivity contribution in [3.8, 4) is 11.5 Å². The number of anilines is 1. The van der Waals surface area contributed by atoms with Crippen molar-refractivity contribution in [2.24, 2.45) is 0 Å². The van der Waals surface area contributed by atoms with Crippen molar-refractivity contribution >= 4 is 27.4 Å². The van der Waals surface area contributed by atoms with Crippen LogP contribution < -0.4 is 14.8 Å². The van der Waals surface area contributed by atoms with Gasteiger partial charge in [-0.2, -0.15) is 0 Å². The Bertz CT molecular complexity index is 902. The van der Waals surface area contributed by atoms with Crippen LogP contribution in [0.3, 0.4) is 0 Å². The van der Waals surface area contributed by atoms with Crippen LogP contribution in [0.4, 0.5) is 5.69 Å². The predicted molar refractivity (Wildman–Crippen MR) is 105 cm³/mol. The highest BCUT2D eigenvalue weighted by Gasteiger charge is 2.35. The fourth-order valence-electron chi connectivity index (χ4n) is 3.89. The molecule has 0 bridgehead atoms. The summed E-state index contributed by atoms with van der Waals surface area (Å²) in [6, 6.07) is 12.1. The lowest BCUT2D eigenvalue weighted by molar-refractivity contribution is -0.116. The minimum atomic E-state index is -0.0954. The molecule has 4 nitrogen and oxygen atoms in total. The van der Waals surface area contributed by atoms with Gasteiger partial charge >= 0.3 is 0 Å². The van der Waals surface area contributed by atoms with Crippen molar-refractivity contribution in [3.63, 3.8) is 0 Å². The first-order valence-electron chi connectivity index (χ1n) is 8.67. The van der Waals surface area contributed by atoms with Gasteiger partial charge in [0.1, 0.15) is 0 Å². The zero-order valence-electron chi connectivity index (χ0n) is 14.8. The van der Waals surface area contributed by atoms with E-state index in [0.29, 0.717) is 17.9 Å². The summed E-state index contributed by atoms with van der Waals surface area (Å²) >= 11 is 3.50. The molecule has 1 heterocycles. The highest BCUT2D eigenvalue weighted by atomic mass is 79.9. The van der Waals surface area contributed by atoms with Gasteiger partial charge in [0, 0.05) is 39.8 Å². The van der Waals surface area contributed by atoms with Gasteiger partial charge in [0.2, 0.25) is 0 Å². The molecule has 5 heteroatoms. The number of ketones is 1. The Balaban J connectivity index is 1.94. The Morgan fingerprint density at radius 1 is 1.04 bits per heavy atom. The first-order valence-corrected chi connectivity index (χ1v) is 9.46. The third-order valence-corrected chi connectivity index (χ3v) is 5.63. The molecule has 134 valence electrons. The number of rotatable bonds is 3. The molecule has 0 unspecified atom stereocenters. The van der Waals surface area contributed by atoms with Crippen LogP contribution in [0, 0.1) is 0 Å². The van der Waals surface area contributed by atoms with Crippen molar-refractivity contribution in [2.75, 3.05) is 19.5 Å². The second-order valence-corrected chi connectivity index (χ2v) is 7.49. The van der Waals surface area contributed by atoms with Crippen LogP contribution in [0.15, 0.2) is 52.1 Å². The summed E-state index contributed by atoms with van der Waals surface area (Å²) in [6.45, 7) is 0. The zero-order chi connectivity index (χ0) is 18.3. The Hall–Kier alpha value is -2.27. The van der Waals surface area contributed by atoms with Gasteiger partial charge in [0.05, 0.1) is 14.2 Å². The number of hydrogen-bond acceptors (Lipinski definition) is 4. The molecule has 1 aliphatic carbocycles. The van der Waals surface area contributed by atoms with Crippen LogP contribution in [-0.4, -0.2) is 20.0 Å². The lowest BCUT2D eigenvalue weighted by Crippen LogP contribution is -2.27. The lowest BCUT2D eigenvalue weighted by Gasteiger charge is -2.34. The van der Waals surface area contributed by atoms with Crippen molar-refractivity contribution in [1.29, 1.82) is 0 Å². The summed E-state index contributed by atoms with van der Waals surface area (Å²) in [5.41, 5.74) is 5.04. The Labute approximate surface area is 161 Å². The second kappa shape index (κ2) is 6.80. The maximum Gasteiger partial charge on any atom is 0.162 e. The Kier molecular flexibility index (Phi) is 4.49. The quantitative estimate of drug-likeness (QED) is 0.766. The van der Waals surface area contributed by atoms with Crippen molar-refractivity contribution in [2.45, 2.75) is 25.2 Å². The molecular formula is C21H20BrNO3. The number of hydrogen-bond donors (Lipinski definition) is 1. The predicted octanol–water partition coefficient (Wildman–Crippen LogP) is 5.03. The minimum Gasteiger partial charge on any atom is -0.493 e. The summed E-state index contributed by atoms with van der Waals surface area (Å²) in [5.74, 6) is 1.48. The molecule has 0 aromatic heterocycles. The summed E-state index contributed by atoms with van der Waals surface area (Å²) in [7, 11) is 3.26. The number of benzene rings is 2. The summed E-state index contributed by atoms with van der Waals surface area (Å²) < 4.78 is 12.0. The first-order chi connectivity index (χ1) is 12.6. The summed E-state index contributed by atoms with van der Waals surface area (Å²) in [4.78, 5) is 12.8. The van der Waals surface area contributed by atoms with Gasteiger partial charge in [0.25, 0.3) is 0 Å². The van der Waals surface area contributed by atoms with E-state index in [-0.39, 0.29) is 11.7 Å². The number of halogens is 1. The minimum absolute atomic E-state index is 0.0954. The average Bonchev–Trinajstić information content (AvgIpc) is 2.66. The molecule has 1 aliphatic heterocycles. The van der Waals surface area contributed by atoms with E-state index in [4.69, 9.17) is 9.47 Å². The average molecular weight is 414 g/mol. The number of fused-ring (bicyclic) bond motifs is 1. The smallest absolute Gasteiger partial charge is 0.162 e. The molecule has 0 spiro atoms. The SMILES string of the molecule is COc1cc2c(cc1OC)[C@H](c1ccc(Br)cc1)C1=C(CCCC1=O)N2. The molecule has 2 aromatic carbocycles. The number of ether oxygens (including phenoxy) is 2. The highest BCUT2D eigenvalue weighted by Crippen LogP contribution is 2.48. The van der Waals surface area contributed by atoms with E-state index in [1.165, 1.54) is 0 Å². The molecule has 2 aromatic rings. The normalized spacial score (nSPS) is 18.7. The molecule has 26 heavy (non-hydrogen) atoms.